The minimum atomic E-state index is 0.578. The molecule has 1 aromatic carbocycles. The normalized spacial score (nSPS) is 10.0. The number of rotatable bonds is 3. The van der Waals surface area contributed by atoms with E-state index in [0.717, 1.165) is 23.2 Å². The first-order valence-electron chi connectivity index (χ1n) is 6.38. The molecule has 1 N–H and O–H groups in total. The van der Waals surface area contributed by atoms with Gasteiger partial charge in [-0.05, 0) is 30.5 Å². The Hall–Kier alpha value is -2.34. The molecule has 0 aliphatic carbocycles. The second kappa shape index (κ2) is 5.53. The number of pyridine rings is 1. The van der Waals surface area contributed by atoms with Gasteiger partial charge < -0.3 is 5.32 Å². The van der Waals surface area contributed by atoms with Crippen molar-refractivity contribution in [2.45, 2.75) is 20.3 Å². The Labute approximate surface area is 113 Å². The summed E-state index contributed by atoms with van der Waals surface area (Å²) in [6.45, 7) is 4.12. The molecule has 19 heavy (non-hydrogen) atoms. The lowest BCUT2D eigenvalue weighted by Crippen LogP contribution is -2.00. The average molecular weight is 251 g/mol. The van der Waals surface area contributed by atoms with Gasteiger partial charge in [-0.1, -0.05) is 31.2 Å². The molecule has 0 aliphatic heterocycles. The summed E-state index contributed by atoms with van der Waals surface area (Å²) in [7, 11) is 1.78. The number of nitriles is 1. The minimum absolute atomic E-state index is 0.578. The van der Waals surface area contributed by atoms with Crippen LogP contribution in [0.5, 0.6) is 0 Å². The Bertz CT molecular complexity index is 622. The lowest BCUT2D eigenvalue weighted by molar-refractivity contribution is 1.14. The summed E-state index contributed by atoms with van der Waals surface area (Å²) in [6.07, 6.45) is 1.03. The lowest BCUT2D eigenvalue weighted by Gasteiger charge is -2.10. The molecule has 0 amide bonds. The summed E-state index contributed by atoms with van der Waals surface area (Å²) in [5.41, 5.74) is 4.90. The third-order valence-corrected chi connectivity index (χ3v) is 3.21. The van der Waals surface area contributed by atoms with Crippen molar-refractivity contribution >= 4 is 5.82 Å². The molecule has 0 saturated carbocycles. The highest BCUT2D eigenvalue weighted by Gasteiger charge is 2.09. The highest BCUT2D eigenvalue weighted by molar-refractivity contribution is 5.68. The summed E-state index contributed by atoms with van der Waals surface area (Å²) < 4.78 is 0. The summed E-state index contributed by atoms with van der Waals surface area (Å²) in [5.74, 6) is 0.627. The number of hydrogen-bond donors (Lipinski definition) is 1. The highest BCUT2D eigenvalue weighted by atomic mass is 15.0. The molecule has 0 atom stereocenters. The van der Waals surface area contributed by atoms with Gasteiger partial charge in [0.2, 0.25) is 0 Å². The van der Waals surface area contributed by atoms with Gasteiger partial charge >= 0.3 is 0 Å². The molecule has 1 heterocycles. The van der Waals surface area contributed by atoms with Crippen LogP contribution in [0.2, 0.25) is 0 Å². The van der Waals surface area contributed by atoms with E-state index in [1.807, 2.05) is 13.0 Å². The van der Waals surface area contributed by atoms with Gasteiger partial charge in [-0.25, -0.2) is 4.98 Å². The summed E-state index contributed by atoms with van der Waals surface area (Å²) in [6, 6.07) is 12.4. The fraction of sp³-hybridized carbons (Fsp3) is 0.250. The number of hydrogen-bond acceptors (Lipinski definition) is 3. The predicted octanol–water partition coefficient (Wildman–Crippen LogP) is 3.53. The molecule has 96 valence electrons. The average Bonchev–Trinajstić information content (AvgIpc) is 2.47. The molecule has 3 heteroatoms. The molecule has 0 fully saturated rings. The largest absolute Gasteiger partial charge is 0.372 e. The Balaban J connectivity index is 2.52. The molecule has 2 aromatic rings. The van der Waals surface area contributed by atoms with Crippen molar-refractivity contribution in [1.82, 2.24) is 4.98 Å². The van der Waals surface area contributed by atoms with Crippen LogP contribution in [0.3, 0.4) is 0 Å². The number of anilines is 1. The number of nitrogens with one attached hydrogen (secondary N) is 1. The zero-order valence-electron chi connectivity index (χ0n) is 11.5. The third kappa shape index (κ3) is 2.58. The van der Waals surface area contributed by atoms with Crippen molar-refractivity contribution in [3.8, 4) is 17.3 Å². The quantitative estimate of drug-likeness (QED) is 0.907. The zero-order chi connectivity index (χ0) is 13.8. The van der Waals surface area contributed by atoms with Crippen molar-refractivity contribution in [1.29, 1.82) is 5.26 Å². The fourth-order valence-electron chi connectivity index (χ4n) is 2.08. The van der Waals surface area contributed by atoms with E-state index in [2.05, 4.69) is 47.6 Å². The SMILES string of the molecule is CCc1ccc(-c2nc(NC)c(C#N)cc2C)cc1. The molecular weight excluding hydrogens is 234 g/mol. The van der Waals surface area contributed by atoms with Crippen LogP contribution in [0.25, 0.3) is 11.3 Å². The van der Waals surface area contributed by atoms with E-state index in [4.69, 9.17) is 5.26 Å². The van der Waals surface area contributed by atoms with Crippen molar-refractivity contribution in [2.75, 3.05) is 12.4 Å². The monoisotopic (exact) mass is 251 g/mol. The van der Waals surface area contributed by atoms with E-state index in [-0.39, 0.29) is 0 Å². The van der Waals surface area contributed by atoms with Gasteiger partial charge in [0.15, 0.2) is 0 Å². The first-order chi connectivity index (χ1) is 9.19. The van der Waals surface area contributed by atoms with Crippen LogP contribution in [0.4, 0.5) is 5.82 Å². The second-order valence-electron chi connectivity index (χ2n) is 4.46. The summed E-state index contributed by atoms with van der Waals surface area (Å²) in [5, 5.41) is 12.0. The van der Waals surface area contributed by atoms with Gasteiger partial charge in [-0.2, -0.15) is 5.26 Å². The van der Waals surface area contributed by atoms with Crippen molar-refractivity contribution in [2.24, 2.45) is 0 Å². The number of aryl methyl sites for hydroxylation is 2. The summed E-state index contributed by atoms with van der Waals surface area (Å²) >= 11 is 0. The minimum Gasteiger partial charge on any atom is -0.372 e. The second-order valence-corrected chi connectivity index (χ2v) is 4.46. The smallest absolute Gasteiger partial charge is 0.144 e. The number of nitrogens with zero attached hydrogens (tertiary/aromatic N) is 2. The van der Waals surface area contributed by atoms with Gasteiger partial charge in [-0.3, -0.25) is 0 Å². The maximum absolute atomic E-state index is 9.07. The molecule has 3 nitrogen and oxygen atoms in total. The van der Waals surface area contributed by atoms with E-state index in [9.17, 15) is 0 Å². The van der Waals surface area contributed by atoms with Crippen LogP contribution in [-0.4, -0.2) is 12.0 Å². The first-order valence-corrected chi connectivity index (χ1v) is 6.38. The van der Waals surface area contributed by atoms with Gasteiger partial charge in [0.25, 0.3) is 0 Å². The Kier molecular flexibility index (Phi) is 3.82. The van der Waals surface area contributed by atoms with E-state index < -0.39 is 0 Å². The topological polar surface area (TPSA) is 48.7 Å². The maximum atomic E-state index is 9.07. The van der Waals surface area contributed by atoms with E-state index in [1.165, 1.54) is 5.56 Å². The standard InChI is InChI=1S/C16H17N3/c1-4-12-5-7-13(8-6-12)15-11(2)9-14(10-17)16(18-3)19-15/h5-9H,4H2,1-3H3,(H,18,19). The third-order valence-electron chi connectivity index (χ3n) is 3.21. The van der Waals surface area contributed by atoms with Gasteiger partial charge in [0, 0.05) is 12.6 Å². The highest BCUT2D eigenvalue weighted by Crippen LogP contribution is 2.25. The first kappa shape index (κ1) is 13.1. The van der Waals surface area contributed by atoms with Crippen LogP contribution in [-0.2, 0) is 6.42 Å². The molecule has 0 spiro atoms. The molecule has 2 rings (SSSR count). The van der Waals surface area contributed by atoms with E-state index in [1.54, 1.807) is 7.05 Å². The van der Waals surface area contributed by atoms with E-state index >= 15 is 0 Å². The lowest BCUT2D eigenvalue weighted by atomic mass is 10.0. The molecule has 0 aliphatic rings. The maximum Gasteiger partial charge on any atom is 0.144 e. The number of benzene rings is 1. The zero-order valence-corrected chi connectivity index (χ0v) is 11.5. The van der Waals surface area contributed by atoms with Crippen molar-refractivity contribution in [3.05, 3.63) is 47.0 Å². The molecule has 0 saturated heterocycles. The molecule has 0 radical (unpaired) electrons. The summed E-state index contributed by atoms with van der Waals surface area (Å²) in [4.78, 5) is 4.55. The van der Waals surface area contributed by atoms with Gasteiger partial charge in [0.1, 0.15) is 11.9 Å². The van der Waals surface area contributed by atoms with Crippen molar-refractivity contribution in [3.63, 3.8) is 0 Å². The molecule has 1 aromatic heterocycles. The van der Waals surface area contributed by atoms with Gasteiger partial charge in [-0.15, -0.1) is 0 Å². The van der Waals surface area contributed by atoms with Crippen LogP contribution >= 0.6 is 0 Å². The Morgan fingerprint density at radius 3 is 2.47 bits per heavy atom. The molecular formula is C16H17N3. The van der Waals surface area contributed by atoms with Crippen molar-refractivity contribution < 1.29 is 0 Å². The number of aromatic nitrogens is 1. The predicted molar refractivity (Wildman–Crippen MR) is 78.0 cm³/mol. The Morgan fingerprint density at radius 2 is 1.95 bits per heavy atom. The molecule has 0 unspecified atom stereocenters. The van der Waals surface area contributed by atoms with Crippen LogP contribution in [0, 0.1) is 18.3 Å². The fourth-order valence-corrected chi connectivity index (χ4v) is 2.08. The van der Waals surface area contributed by atoms with Crippen LogP contribution < -0.4 is 5.32 Å². The Morgan fingerprint density at radius 1 is 1.26 bits per heavy atom. The molecule has 0 bridgehead atoms. The van der Waals surface area contributed by atoms with Crippen LogP contribution in [0.1, 0.15) is 23.6 Å². The van der Waals surface area contributed by atoms with Gasteiger partial charge in [0.05, 0.1) is 11.3 Å². The van der Waals surface area contributed by atoms with E-state index in [0.29, 0.717) is 11.4 Å². The van der Waals surface area contributed by atoms with Crippen LogP contribution in [0.15, 0.2) is 30.3 Å².